The molecule has 9 heteroatoms. The Kier molecular flexibility index (Phi) is 4.91. The van der Waals surface area contributed by atoms with Crippen LogP contribution < -0.4 is 10.1 Å². The number of ether oxygens (including phenoxy) is 1. The van der Waals surface area contributed by atoms with Gasteiger partial charge in [0.05, 0.1) is 18.1 Å². The van der Waals surface area contributed by atoms with Gasteiger partial charge in [-0.1, -0.05) is 0 Å². The molecule has 1 fully saturated rings. The molecule has 0 aliphatic carbocycles. The van der Waals surface area contributed by atoms with Gasteiger partial charge in [-0.15, -0.1) is 10.2 Å². The maximum atomic E-state index is 12.4. The first-order valence-corrected chi connectivity index (χ1v) is 9.12. The second kappa shape index (κ2) is 7.65. The first kappa shape index (κ1) is 17.3. The molecule has 2 N–H and O–H groups in total. The van der Waals surface area contributed by atoms with Gasteiger partial charge >= 0.3 is 6.03 Å². The molecule has 27 heavy (non-hydrogen) atoms. The van der Waals surface area contributed by atoms with E-state index in [9.17, 15) is 4.79 Å². The fourth-order valence-corrected chi connectivity index (χ4v) is 3.45. The van der Waals surface area contributed by atoms with Crippen LogP contribution in [-0.4, -0.2) is 62.4 Å². The summed E-state index contributed by atoms with van der Waals surface area (Å²) in [5, 5.41) is 10.7. The number of hydrogen-bond donors (Lipinski definition) is 2. The number of benzene rings is 1. The van der Waals surface area contributed by atoms with Crippen molar-refractivity contribution in [3.63, 3.8) is 0 Å². The van der Waals surface area contributed by atoms with E-state index in [0.717, 1.165) is 48.5 Å². The van der Waals surface area contributed by atoms with E-state index in [1.54, 1.807) is 19.8 Å². The Bertz CT molecular complexity index is 898. The quantitative estimate of drug-likeness (QED) is 0.714. The lowest BCUT2D eigenvalue weighted by atomic mass is 10.1. The van der Waals surface area contributed by atoms with Crippen molar-refractivity contribution in [2.45, 2.75) is 25.3 Å². The first-order chi connectivity index (χ1) is 13.2. The molecule has 0 unspecified atom stereocenters. The molecule has 3 aromatic rings. The summed E-state index contributed by atoms with van der Waals surface area (Å²) in [5.41, 5.74) is 1.83. The topological polar surface area (TPSA) is 101 Å². The van der Waals surface area contributed by atoms with Crippen LogP contribution in [0.5, 0.6) is 5.75 Å². The number of piperidine rings is 1. The minimum atomic E-state index is -0.0185. The van der Waals surface area contributed by atoms with Gasteiger partial charge in [-0.05, 0) is 25.0 Å². The van der Waals surface area contributed by atoms with Crippen LogP contribution in [0.15, 0.2) is 30.9 Å². The third-order valence-corrected chi connectivity index (χ3v) is 4.99. The van der Waals surface area contributed by atoms with E-state index in [-0.39, 0.29) is 6.03 Å². The van der Waals surface area contributed by atoms with Crippen molar-refractivity contribution in [2.24, 2.45) is 0 Å². The van der Waals surface area contributed by atoms with Crippen LogP contribution in [0.4, 0.5) is 4.79 Å². The highest BCUT2D eigenvalue weighted by molar-refractivity contribution is 5.77. The molecule has 2 amide bonds. The number of methoxy groups -OCH3 is 1. The summed E-state index contributed by atoms with van der Waals surface area (Å²) in [6, 6.07) is 6.08. The predicted octanol–water partition coefficient (Wildman–Crippen LogP) is 1.75. The Morgan fingerprint density at radius 2 is 2.07 bits per heavy atom. The van der Waals surface area contributed by atoms with Gasteiger partial charge in [-0.2, -0.15) is 0 Å². The number of carbonyl (C=O) groups is 1. The highest BCUT2D eigenvalue weighted by atomic mass is 16.5. The maximum absolute atomic E-state index is 12.4. The number of likely N-dealkylation sites (tertiary alicyclic amines) is 1. The van der Waals surface area contributed by atoms with Crippen molar-refractivity contribution in [1.29, 1.82) is 0 Å². The van der Waals surface area contributed by atoms with Gasteiger partial charge in [0.2, 0.25) is 0 Å². The maximum Gasteiger partial charge on any atom is 0.317 e. The van der Waals surface area contributed by atoms with Crippen molar-refractivity contribution in [3.8, 4) is 5.75 Å². The fourth-order valence-electron chi connectivity index (χ4n) is 3.45. The van der Waals surface area contributed by atoms with Gasteiger partial charge in [0.1, 0.15) is 24.2 Å². The number of urea groups is 1. The van der Waals surface area contributed by atoms with Crippen LogP contribution >= 0.6 is 0 Å². The molecule has 0 radical (unpaired) electrons. The van der Waals surface area contributed by atoms with Gasteiger partial charge in [-0.3, -0.25) is 0 Å². The molecule has 1 aromatic carbocycles. The summed E-state index contributed by atoms with van der Waals surface area (Å²) in [6.07, 6.45) is 5.96. The van der Waals surface area contributed by atoms with Crippen LogP contribution in [0.25, 0.3) is 11.0 Å². The lowest BCUT2D eigenvalue weighted by Gasteiger charge is -2.32. The largest absolute Gasteiger partial charge is 0.497 e. The number of fused-ring (bicyclic) bond motifs is 1. The number of nitrogens with one attached hydrogen (secondary N) is 2. The minimum Gasteiger partial charge on any atom is -0.497 e. The van der Waals surface area contributed by atoms with E-state index in [0.29, 0.717) is 19.0 Å². The average molecular weight is 369 g/mol. The van der Waals surface area contributed by atoms with Gasteiger partial charge in [0.25, 0.3) is 0 Å². The van der Waals surface area contributed by atoms with Crippen LogP contribution in [-0.2, 0) is 6.42 Å². The monoisotopic (exact) mass is 369 g/mol. The standard InChI is InChI=1S/C18H23N7O2/c1-27-14-2-3-15-16(10-14)23-17(22-15)4-7-19-18(26)24-8-5-13(6-9-24)25-11-20-21-12-25/h2-3,10-13H,4-9H2,1H3,(H,19,26)(H,22,23). The van der Waals surface area contributed by atoms with Crippen LogP contribution in [0.1, 0.15) is 24.7 Å². The second-order valence-electron chi connectivity index (χ2n) is 6.68. The van der Waals surface area contributed by atoms with Crippen molar-refractivity contribution < 1.29 is 9.53 Å². The molecule has 1 aliphatic rings. The van der Waals surface area contributed by atoms with Gasteiger partial charge in [0.15, 0.2) is 0 Å². The minimum absolute atomic E-state index is 0.0185. The zero-order chi connectivity index (χ0) is 18.6. The molecule has 1 saturated heterocycles. The van der Waals surface area contributed by atoms with Crippen molar-refractivity contribution in [1.82, 2.24) is 34.9 Å². The van der Waals surface area contributed by atoms with E-state index in [4.69, 9.17) is 4.74 Å². The number of amides is 2. The summed E-state index contributed by atoms with van der Waals surface area (Å²) in [6.45, 7) is 2.01. The molecule has 142 valence electrons. The lowest BCUT2D eigenvalue weighted by molar-refractivity contribution is 0.171. The third-order valence-electron chi connectivity index (χ3n) is 4.99. The molecule has 0 atom stereocenters. The molecular weight excluding hydrogens is 346 g/mol. The second-order valence-corrected chi connectivity index (χ2v) is 6.68. The highest BCUT2D eigenvalue weighted by Crippen LogP contribution is 2.21. The zero-order valence-electron chi connectivity index (χ0n) is 15.3. The Hall–Kier alpha value is -3.10. The number of nitrogens with zero attached hydrogens (tertiary/aromatic N) is 5. The molecule has 1 aliphatic heterocycles. The normalized spacial score (nSPS) is 15.2. The number of aromatic amines is 1. The number of H-pyrrole nitrogens is 1. The number of imidazole rings is 1. The summed E-state index contributed by atoms with van der Waals surface area (Å²) in [4.78, 5) is 22.1. The Morgan fingerprint density at radius 1 is 1.30 bits per heavy atom. The van der Waals surface area contributed by atoms with Crippen molar-refractivity contribution in [3.05, 3.63) is 36.7 Å². The van der Waals surface area contributed by atoms with Crippen molar-refractivity contribution in [2.75, 3.05) is 26.7 Å². The van der Waals surface area contributed by atoms with Crippen LogP contribution in [0.2, 0.25) is 0 Å². The summed E-state index contributed by atoms with van der Waals surface area (Å²) in [5.74, 6) is 1.64. The molecular formula is C18H23N7O2. The smallest absolute Gasteiger partial charge is 0.317 e. The molecule has 2 aromatic heterocycles. The molecule has 9 nitrogen and oxygen atoms in total. The number of rotatable bonds is 5. The third kappa shape index (κ3) is 3.86. The lowest BCUT2D eigenvalue weighted by Crippen LogP contribution is -2.45. The van der Waals surface area contributed by atoms with Gasteiger partial charge < -0.3 is 24.5 Å². The molecule has 3 heterocycles. The molecule has 4 rings (SSSR count). The van der Waals surface area contributed by atoms with Crippen molar-refractivity contribution >= 4 is 17.1 Å². The Labute approximate surface area is 156 Å². The van der Waals surface area contributed by atoms with Gasteiger partial charge in [-0.25, -0.2) is 9.78 Å². The molecule has 0 bridgehead atoms. The van der Waals surface area contributed by atoms with Gasteiger partial charge in [0, 0.05) is 38.2 Å². The first-order valence-electron chi connectivity index (χ1n) is 9.12. The Balaban J connectivity index is 1.25. The van der Waals surface area contributed by atoms with Crippen LogP contribution in [0, 0.1) is 0 Å². The van der Waals surface area contributed by atoms with Crippen LogP contribution in [0.3, 0.4) is 0 Å². The zero-order valence-corrected chi connectivity index (χ0v) is 15.3. The Morgan fingerprint density at radius 3 is 2.81 bits per heavy atom. The molecule has 0 saturated carbocycles. The van der Waals surface area contributed by atoms with E-state index < -0.39 is 0 Å². The predicted molar refractivity (Wildman–Crippen MR) is 99.6 cm³/mol. The van der Waals surface area contributed by atoms with E-state index in [2.05, 4.69) is 25.5 Å². The fraction of sp³-hybridized carbons (Fsp3) is 0.444. The number of hydrogen-bond acceptors (Lipinski definition) is 5. The van der Waals surface area contributed by atoms with E-state index in [1.807, 2.05) is 27.7 Å². The summed E-state index contributed by atoms with van der Waals surface area (Å²) in [7, 11) is 1.64. The highest BCUT2D eigenvalue weighted by Gasteiger charge is 2.23. The number of aromatic nitrogens is 5. The molecule has 0 spiro atoms. The average Bonchev–Trinajstić information content (AvgIpc) is 3.37. The van der Waals surface area contributed by atoms with E-state index in [1.165, 1.54) is 0 Å². The number of carbonyl (C=O) groups excluding carboxylic acids is 1. The summed E-state index contributed by atoms with van der Waals surface area (Å²) < 4.78 is 7.24. The SMILES string of the molecule is COc1ccc2nc(CCNC(=O)N3CCC(n4cnnc4)CC3)[nH]c2c1. The summed E-state index contributed by atoms with van der Waals surface area (Å²) >= 11 is 0. The van der Waals surface area contributed by atoms with E-state index >= 15 is 0 Å².